The van der Waals surface area contributed by atoms with E-state index < -0.39 is 0 Å². The van der Waals surface area contributed by atoms with Crippen LogP contribution in [0.3, 0.4) is 0 Å². The fourth-order valence-corrected chi connectivity index (χ4v) is 1.69. The van der Waals surface area contributed by atoms with E-state index in [0.29, 0.717) is 0 Å². The third-order valence-corrected chi connectivity index (χ3v) is 2.36. The SMILES string of the molecule is O[C](=[Cr])c1cccc2ccccc12. The van der Waals surface area contributed by atoms with Crippen molar-refractivity contribution in [2.75, 3.05) is 0 Å². The van der Waals surface area contributed by atoms with Crippen LogP contribution in [0, 0.1) is 0 Å². The van der Waals surface area contributed by atoms with Gasteiger partial charge in [-0.15, -0.1) is 0 Å². The molecule has 64 valence electrons. The predicted octanol–water partition coefficient (Wildman–Crippen LogP) is 2.24. The quantitative estimate of drug-likeness (QED) is 0.762. The van der Waals surface area contributed by atoms with Crippen molar-refractivity contribution in [1.82, 2.24) is 0 Å². The first-order valence-electron chi connectivity index (χ1n) is 4.00. The molecule has 2 aromatic carbocycles. The van der Waals surface area contributed by atoms with Crippen molar-refractivity contribution < 1.29 is 21.0 Å². The Bertz CT molecular complexity index is 457. The van der Waals surface area contributed by atoms with Crippen LogP contribution in [-0.2, 0) is 15.9 Å². The van der Waals surface area contributed by atoms with Gasteiger partial charge in [0.05, 0.1) is 0 Å². The molecule has 0 fully saturated rings. The molecule has 2 heteroatoms. The molecule has 0 amide bonds. The van der Waals surface area contributed by atoms with Gasteiger partial charge in [-0.3, -0.25) is 0 Å². The number of hydrogen-bond donors (Lipinski definition) is 1. The second kappa shape index (κ2) is 3.43. The first-order chi connectivity index (χ1) is 6.29. The van der Waals surface area contributed by atoms with Gasteiger partial charge in [0, 0.05) is 0 Å². The molecule has 0 aliphatic heterocycles. The second-order valence-electron chi connectivity index (χ2n) is 2.83. The molecular formula is C11H8CrO. The third kappa shape index (κ3) is 1.57. The van der Waals surface area contributed by atoms with Crippen LogP contribution in [0.15, 0.2) is 42.5 Å². The summed E-state index contributed by atoms with van der Waals surface area (Å²) in [4.78, 5) is 0. The zero-order chi connectivity index (χ0) is 9.26. The van der Waals surface area contributed by atoms with Crippen LogP contribution in [0.1, 0.15) is 5.56 Å². The molecule has 1 N–H and O–H groups in total. The summed E-state index contributed by atoms with van der Waals surface area (Å²) < 4.78 is 0.247. The molecule has 0 heterocycles. The molecule has 0 spiro atoms. The van der Waals surface area contributed by atoms with Crippen LogP contribution in [0.4, 0.5) is 0 Å². The second-order valence-corrected chi connectivity index (χ2v) is 3.44. The monoisotopic (exact) mass is 208 g/mol. The van der Waals surface area contributed by atoms with Gasteiger partial charge >= 0.3 is 84.3 Å². The molecule has 0 saturated heterocycles. The van der Waals surface area contributed by atoms with Crippen molar-refractivity contribution >= 4 is 15.3 Å². The summed E-state index contributed by atoms with van der Waals surface area (Å²) >= 11 is 2.62. The molecule has 2 aromatic rings. The van der Waals surface area contributed by atoms with Crippen LogP contribution >= 0.6 is 0 Å². The Morgan fingerprint density at radius 3 is 2.46 bits per heavy atom. The summed E-state index contributed by atoms with van der Waals surface area (Å²) in [6.45, 7) is 0. The Hall–Kier alpha value is -0.938. The Morgan fingerprint density at radius 1 is 1.00 bits per heavy atom. The van der Waals surface area contributed by atoms with Crippen molar-refractivity contribution in [2.24, 2.45) is 0 Å². The van der Waals surface area contributed by atoms with Gasteiger partial charge in [0.1, 0.15) is 0 Å². The molecule has 0 bridgehead atoms. The Kier molecular flexibility index (Phi) is 2.28. The molecule has 0 aromatic heterocycles. The maximum atomic E-state index is 9.38. The van der Waals surface area contributed by atoms with Gasteiger partial charge in [-0.1, -0.05) is 0 Å². The summed E-state index contributed by atoms with van der Waals surface area (Å²) in [6, 6.07) is 13.8. The van der Waals surface area contributed by atoms with Gasteiger partial charge in [0.2, 0.25) is 0 Å². The van der Waals surface area contributed by atoms with E-state index in [1.54, 1.807) is 0 Å². The van der Waals surface area contributed by atoms with E-state index >= 15 is 0 Å². The van der Waals surface area contributed by atoms with E-state index in [1.165, 1.54) is 0 Å². The molecule has 0 unspecified atom stereocenters. The first kappa shape index (κ1) is 8.65. The number of benzene rings is 2. The van der Waals surface area contributed by atoms with Crippen LogP contribution < -0.4 is 0 Å². The minimum absolute atomic E-state index is 0.247. The van der Waals surface area contributed by atoms with Crippen molar-refractivity contribution in [3.63, 3.8) is 0 Å². The molecule has 1 nitrogen and oxygen atoms in total. The minimum atomic E-state index is 0.247. The first-order valence-corrected chi connectivity index (χ1v) is 4.64. The van der Waals surface area contributed by atoms with E-state index in [2.05, 4.69) is 15.9 Å². The number of rotatable bonds is 1. The number of aliphatic hydroxyl groups excluding tert-OH is 1. The molecular weight excluding hydrogens is 200 g/mol. The van der Waals surface area contributed by atoms with Gasteiger partial charge in [-0.2, -0.15) is 0 Å². The molecule has 0 atom stereocenters. The Morgan fingerprint density at radius 2 is 1.69 bits per heavy atom. The Balaban J connectivity index is 2.83. The van der Waals surface area contributed by atoms with Crippen LogP contribution in [-0.4, -0.2) is 9.67 Å². The van der Waals surface area contributed by atoms with Crippen molar-refractivity contribution in [3.05, 3.63) is 48.0 Å². The summed E-state index contributed by atoms with van der Waals surface area (Å²) in [5, 5.41) is 11.6. The van der Waals surface area contributed by atoms with Gasteiger partial charge < -0.3 is 0 Å². The molecule has 0 aliphatic carbocycles. The molecule has 0 saturated carbocycles. The van der Waals surface area contributed by atoms with E-state index in [0.717, 1.165) is 16.3 Å². The average Bonchev–Trinajstić information content (AvgIpc) is 2.17. The van der Waals surface area contributed by atoms with Crippen molar-refractivity contribution in [3.8, 4) is 0 Å². The van der Waals surface area contributed by atoms with Crippen LogP contribution in [0.2, 0.25) is 0 Å². The third-order valence-electron chi connectivity index (χ3n) is 2.02. The zero-order valence-electron chi connectivity index (χ0n) is 6.90. The van der Waals surface area contributed by atoms with Gasteiger partial charge in [0.25, 0.3) is 0 Å². The van der Waals surface area contributed by atoms with Crippen LogP contribution in [0.25, 0.3) is 10.8 Å². The van der Waals surface area contributed by atoms with E-state index in [1.807, 2.05) is 42.5 Å². The fraction of sp³-hybridized carbons (Fsp3) is 0. The van der Waals surface area contributed by atoms with E-state index in [9.17, 15) is 5.11 Å². The number of aliphatic hydroxyl groups is 1. The normalized spacial score (nSPS) is 10.2. The number of fused-ring (bicyclic) bond motifs is 1. The zero-order valence-corrected chi connectivity index (χ0v) is 8.17. The molecule has 0 radical (unpaired) electrons. The standard InChI is InChI=1S/C11H8O.Cr/c12-8-10-6-3-5-9-4-1-2-7-11(9)10;/h1-7,12H;. The van der Waals surface area contributed by atoms with Crippen molar-refractivity contribution in [1.29, 1.82) is 0 Å². The fourth-order valence-electron chi connectivity index (χ4n) is 1.41. The van der Waals surface area contributed by atoms with Gasteiger partial charge in [-0.25, -0.2) is 0 Å². The van der Waals surface area contributed by atoms with Gasteiger partial charge in [0.15, 0.2) is 0 Å². The van der Waals surface area contributed by atoms with Crippen molar-refractivity contribution in [2.45, 2.75) is 0 Å². The maximum absolute atomic E-state index is 9.38. The predicted molar refractivity (Wildman–Crippen MR) is 50.0 cm³/mol. The van der Waals surface area contributed by atoms with Gasteiger partial charge in [-0.05, 0) is 0 Å². The topological polar surface area (TPSA) is 20.2 Å². The van der Waals surface area contributed by atoms with E-state index in [-0.39, 0.29) is 4.57 Å². The summed E-state index contributed by atoms with van der Waals surface area (Å²) in [5.74, 6) is 0. The summed E-state index contributed by atoms with van der Waals surface area (Å²) in [7, 11) is 0. The average molecular weight is 208 g/mol. The Labute approximate surface area is 84.6 Å². The molecule has 2 rings (SSSR count). The summed E-state index contributed by atoms with van der Waals surface area (Å²) in [6.07, 6.45) is 0. The number of hydrogen-bond acceptors (Lipinski definition) is 1. The van der Waals surface area contributed by atoms with Crippen LogP contribution in [0.5, 0.6) is 0 Å². The molecule has 13 heavy (non-hydrogen) atoms. The molecule has 0 aliphatic rings. The van der Waals surface area contributed by atoms with E-state index in [4.69, 9.17) is 0 Å². The summed E-state index contributed by atoms with van der Waals surface area (Å²) in [5.41, 5.74) is 0.859.